The molecule has 0 aromatic heterocycles. The molecule has 0 spiro atoms. The van der Waals surface area contributed by atoms with Crippen LogP contribution in [0.2, 0.25) is 5.04 Å². The minimum atomic E-state index is -2.74. The summed E-state index contributed by atoms with van der Waals surface area (Å²) in [6, 6.07) is 20.7. The zero-order valence-electron chi connectivity index (χ0n) is 20.2. The van der Waals surface area contributed by atoms with E-state index in [1.165, 1.54) is 24.6 Å². The fraction of sp³-hybridized carbons (Fsp3) is 0.500. The summed E-state index contributed by atoms with van der Waals surface area (Å²) in [6.45, 7) is 6.92. The summed E-state index contributed by atoms with van der Waals surface area (Å²) in [4.78, 5) is 12.0. The number of esters is 1. The van der Waals surface area contributed by atoms with Gasteiger partial charge in [-0.05, 0) is 15.4 Å². The molecule has 180 valence electrons. The van der Waals surface area contributed by atoms with Gasteiger partial charge in [0.25, 0.3) is 8.32 Å². The Labute approximate surface area is 198 Å². The topological polar surface area (TPSA) is 74.2 Å². The molecule has 2 aromatic rings. The molecular weight excluding hydrogens is 436 g/mol. The third-order valence-electron chi connectivity index (χ3n) is 6.38. The summed E-state index contributed by atoms with van der Waals surface area (Å²) < 4.78 is 23.6. The monoisotopic (exact) mass is 472 g/mol. The van der Waals surface area contributed by atoms with Crippen LogP contribution in [0.25, 0.3) is 0 Å². The van der Waals surface area contributed by atoms with Crippen LogP contribution in [0.15, 0.2) is 60.7 Å². The number of aliphatic hydroxyl groups excluding tert-OH is 1. The first-order chi connectivity index (χ1) is 15.7. The Balaban J connectivity index is 1.95. The lowest BCUT2D eigenvalue weighted by atomic mass is 9.96. The summed E-state index contributed by atoms with van der Waals surface area (Å²) in [5.41, 5.74) is 0. The highest BCUT2D eigenvalue weighted by Gasteiger charge is 2.51. The van der Waals surface area contributed by atoms with Gasteiger partial charge >= 0.3 is 5.97 Å². The molecule has 33 heavy (non-hydrogen) atoms. The number of methoxy groups -OCH3 is 2. The van der Waals surface area contributed by atoms with Crippen molar-refractivity contribution in [1.29, 1.82) is 0 Å². The van der Waals surface area contributed by atoms with Crippen molar-refractivity contribution in [3.05, 3.63) is 60.7 Å². The molecule has 3 atom stereocenters. The lowest BCUT2D eigenvalue weighted by molar-refractivity contribution is -0.290. The molecule has 0 bridgehead atoms. The summed E-state index contributed by atoms with van der Waals surface area (Å²) in [5.74, 6) is -1.68. The molecule has 6 nitrogen and oxygen atoms in total. The van der Waals surface area contributed by atoms with Gasteiger partial charge in [0.05, 0.1) is 32.3 Å². The van der Waals surface area contributed by atoms with Crippen molar-refractivity contribution in [3.8, 4) is 0 Å². The van der Waals surface area contributed by atoms with E-state index in [0.29, 0.717) is 6.42 Å². The average molecular weight is 473 g/mol. The van der Waals surface area contributed by atoms with E-state index in [9.17, 15) is 9.90 Å². The van der Waals surface area contributed by atoms with Gasteiger partial charge in [-0.25, -0.2) is 0 Å². The van der Waals surface area contributed by atoms with E-state index < -0.39 is 32.3 Å². The van der Waals surface area contributed by atoms with E-state index in [1.807, 2.05) is 36.4 Å². The van der Waals surface area contributed by atoms with Crippen LogP contribution in [0.3, 0.4) is 0 Å². The van der Waals surface area contributed by atoms with Crippen LogP contribution >= 0.6 is 0 Å². The van der Waals surface area contributed by atoms with Crippen molar-refractivity contribution in [1.82, 2.24) is 0 Å². The highest BCUT2D eigenvalue weighted by atomic mass is 28.4. The normalized spacial score (nSPS) is 23.8. The van der Waals surface area contributed by atoms with Crippen molar-refractivity contribution >= 4 is 24.7 Å². The Morgan fingerprint density at radius 2 is 1.61 bits per heavy atom. The third kappa shape index (κ3) is 5.55. The smallest absolute Gasteiger partial charge is 0.310 e. The van der Waals surface area contributed by atoms with Gasteiger partial charge in [0.2, 0.25) is 0 Å². The number of ether oxygens (including phenoxy) is 3. The molecule has 0 radical (unpaired) electrons. The maximum absolute atomic E-state index is 12.0. The number of hydrogen-bond acceptors (Lipinski definition) is 6. The van der Waals surface area contributed by atoms with Crippen LogP contribution in [0.4, 0.5) is 0 Å². The van der Waals surface area contributed by atoms with Crippen LogP contribution in [0.1, 0.15) is 40.0 Å². The summed E-state index contributed by atoms with van der Waals surface area (Å²) >= 11 is 0. The van der Waals surface area contributed by atoms with E-state index in [0.717, 1.165) is 0 Å². The molecule has 1 aliphatic rings. The largest absolute Gasteiger partial charge is 0.469 e. The molecule has 0 saturated carbocycles. The Kier molecular flexibility index (Phi) is 8.13. The van der Waals surface area contributed by atoms with Crippen molar-refractivity contribution in [2.24, 2.45) is 0 Å². The SMILES string of the molecule is COC(=O)C[C@]1(OC)C[C@H](O)C[C@H](CO[Si](c2ccccc2)(c2ccccc2)C(C)(C)C)O1. The zero-order valence-corrected chi connectivity index (χ0v) is 21.2. The third-order valence-corrected chi connectivity index (χ3v) is 11.4. The number of rotatable bonds is 8. The zero-order chi connectivity index (χ0) is 24.1. The summed E-state index contributed by atoms with van der Waals surface area (Å²) in [6.07, 6.45) is -0.581. The van der Waals surface area contributed by atoms with Gasteiger partial charge in [0.1, 0.15) is 0 Å². The molecule has 0 aliphatic carbocycles. The molecule has 3 rings (SSSR count). The number of carbonyl (C=O) groups excluding carboxylic acids is 1. The van der Waals surface area contributed by atoms with Crippen LogP contribution < -0.4 is 10.4 Å². The summed E-state index contributed by atoms with van der Waals surface area (Å²) in [5, 5.41) is 12.8. The van der Waals surface area contributed by atoms with Gasteiger partial charge in [-0.2, -0.15) is 0 Å². The van der Waals surface area contributed by atoms with Crippen LogP contribution in [-0.4, -0.2) is 58.2 Å². The first kappa shape index (κ1) is 25.6. The van der Waals surface area contributed by atoms with Crippen LogP contribution in [-0.2, 0) is 23.4 Å². The van der Waals surface area contributed by atoms with E-state index in [1.54, 1.807) is 0 Å². The average Bonchev–Trinajstić information content (AvgIpc) is 2.79. The lowest BCUT2D eigenvalue weighted by Gasteiger charge is -2.46. The van der Waals surface area contributed by atoms with Gasteiger partial charge in [-0.15, -0.1) is 0 Å². The fourth-order valence-electron chi connectivity index (χ4n) is 4.84. The molecule has 1 saturated heterocycles. The second-order valence-corrected chi connectivity index (χ2v) is 14.0. The van der Waals surface area contributed by atoms with Gasteiger partial charge in [-0.1, -0.05) is 81.4 Å². The number of hydrogen-bond donors (Lipinski definition) is 1. The molecule has 0 unspecified atom stereocenters. The Bertz CT molecular complexity index is 859. The van der Waals surface area contributed by atoms with Crippen molar-refractivity contribution in [2.45, 2.75) is 63.1 Å². The maximum Gasteiger partial charge on any atom is 0.310 e. The van der Waals surface area contributed by atoms with Gasteiger partial charge in [-0.3, -0.25) is 4.79 Å². The molecule has 2 aromatic carbocycles. The molecule has 1 aliphatic heterocycles. The lowest BCUT2D eigenvalue weighted by Crippen LogP contribution is -2.67. The minimum Gasteiger partial charge on any atom is -0.469 e. The second kappa shape index (κ2) is 10.5. The first-order valence-corrected chi connectivity index (χ1v) is 13.3. The molecule has 1 heterocycles. The quantitative estimate of drug-likeness (QED) is 0.470. The highest BCUT2D eigenvalue weighted by Crippen LogP contribution is 2.38. The predicted molar refractivity (Wildman–Crippen MR) is 130 cm³/mol. The highest BCUT2D eigenvalue weighted by molar-refractivity contribution is 6.99. The van der Waals surface area contributed by atoms with Gasteiger partial charge < -0.3 is 23.7 Å². The maximum atomic E-state index is 12.0. The second-order valence-electron chi connectivity index (χ2n) is 9.68. The van der Waals surface area contributed by atoms with E-state index in [2.05, 4.69) is 45.0 Å². The van der Waals surface area contributed by atoms with Crippen LogP contribution in [0.5, 0.6) is 0 Å². The van der Waals surface area contributed by atoms with E-state index >= 15 is 0 Å². The Morgan fingerprint density at radius 1 is 1.06 bits per heavy atom. The Morgan fingerprint density at radius 3 is 2.06 bits per heavy atom. The molecule has 1 fully saturated rings. The standard InChI is InChI=1S/C26H36O6Si/c1-25(2,3)33(22-12-8-6-9-13-22,23-14-10-7-11-15-23)31-19-21-16-20(27)17-26(30-5,32-21)18-24(28)29-4/h6-15,20-21,27H,16-19H2,1-5H3/t20-,21-,26+/m1/s1. The van der Waals surface area contributed by atoms with Crippen molar-refractivity contribution < 1.29 is 28.5 Å². The number of aliphatic hydroxyl groups is 1. The van der Waals surface area contributed by atoms with Crippen molar-refractivity contribution in [2.75, 3.05) is 20.8 Å². The van der Waals surface area contributed by atoms with Gasteiger partial charge in [0, 0.05) is 20.0 Å². The van der Waals surface area contributed by atoms with E-state index in [-0.39, 0.29) is 24.5 Å². The minimum absolute atomic E-state index is 0.0905. The molecular formula is C26H36O6Si. The van der Waals surface area contributed by atoms with Crippen LogP contribution in [0, 0.1) is 0 Å². The number of benzene rings is 2. The first-order valence-electron chi connectivity index (χ1n) is 11.4. The molecule has 0 amide bonds. The predicted octanol–water partition coefficient (Wildman–Crippen LogP) is 3.01. The fourth-order valence-corrected chi connectivity index (χ4v) is 9.43. The van der Waals surface area contributed by atoms with Crippen molar-refractivity contribution in [3.63, 3.8) is 0 Å². The van der Waals surface area contributed by atoms with E-state index in [4.69, 9.17) is 18.6 Å². The molecule has 1 N–H and O–H groups in total. The Hall–Kier alpha value is -2.03. The summed E-state index contributed by atoms with van der Waals surface area (Å²) in [7, 11) is 0.0702. The molecule has 7 heteroatoms. The number of carbonyl (C=O) groups is 1. The van der Waals surface area contributed by atoms with Gasteiger partial charge in [0.15, 0.2) is 5.79 Å².